The lowest BCUT2D eigenvalue weighted by atomic mass is 10.3. The monoisotopic (exact) mass is 251 g/mol. The van der Waals surface area contributed by atoms with E-state index in [1.807, 2.05) is 17.8 Å². The first-order chi connectivity index (χ1) is 8.16. The van der Waals surface area contributed by atoms with Crippen LogP contribution in [0.25, 0.3) is 0 Å². The zero-order valence-corrected chi connectivity index (χ0v) is 10.4. The summed E-state index contributed by atoms with van der Waals surface area (Å²) in [6, 6.07) is 6.50. The number of nitrogens with two attached hydrogens (primary N) is 1. The topological polar surface area (TPSA) is 43.8 Å². The largest absolute Gasteiger partial charge is 0.398 e. The van der Waals surface area contributed by atoms with E-state index in [4.69, 9.17) is 5.73 Å². The van der Waals surface area contributed by atoms with Crippen molar-refractivity contribution >= 4 is 17.4 Å². The molecular formula is C12H14FN3S. The average Bonchev–Trinajstić information content (AvgIpc) is 2.68. The molecule has 0 fully saturated rings. The van der Waals surface area contributed by atoms with Gasteiger partial charge in [-0.15, -0.1) is 11.8 Å². The van der Waals surface area contributed by atoms with E-state index in [0.717, 1.165) is 17.1 Å². The summed E-state index contributed by atoms with van der Waals surface area (Å²) in [5.41, 5.74) is 7.41. The molecule has 2 rings (SSSR count). The van der Waals surface area contributed by atoms with E-state index < -0.39 is 0 Å². The van der Waals surface area contributed by atoms with Crippen LogP contribution in [0.15, 0.2) is 35.4 Å². The van der Waals surface area contributed by atoms with Gasteiger partial charge in [0, 0.05) is 35.3 Å². The maximum atomic E-state index is 12.8. The fraction of sp³-hybridized carbons (Fsp3) is 0.250. The third kappa shape index (κ3) is 3.00. The summed E-state index contributed by atoms with van der Waals surface area (Å²) in [5, 5.41) is 4.10. The fourth-order valence-electron chi connectivity index (χ4n) is 1.56. The van der Waals surface area contributed by atoms with Gasteiger partial charge in [-0.2, -0.15) is 5.10 Å². The summed E-state index contributed by atoms with van der Waals surface area (Å²) in [4.78, 5) is 0.925. The molecule has 3 nitrogen and oxygen atoms in total. The molecule has 2 aromatic rings. The van der Waals surface area contributed by atoms with Gasteiger partial charge in [-0.25, -0.2) is 4.39 Å². The minimum absolute atomic E-state index is 0.293. The lowest BCUT2D eigenvalue weighted by molar-refractivity contribution is 0.627. The SMILES string of the molecule is Cn1nccc1CCSc1ccc(F)cc1N. The van der Waals surface area contributed by atoms with Gasteiger partial charge >= 0.3 is 0 Å². The molecule has 0 spiro atoms. The number of benzene rings is 1. The molecule has 0 radical (unpaired) electrons. The van der Waals surface area contributed by atoms with Crippen molar-refractivity contribution in [1.29, 1.82) is 0 Å². The molecule has 0 aliphatic rings. The van der Waals surface area contributed by atoms with Crippen LogP contribution in [0.3, 0.4) is 0 Å². The van der Waals surface area contributed by atoms with E-state index in [0.29, 0.717) is 5.69 Å². The molecule has 1 aromatic carbocycles. The number of rotatable bonds is 4. The van der Waals surface area contributed by atoms with Gasteiger partial charge in [0.25, 0.3) is 0 Å². The highest BCUT2D eigenvalue weighted by atomic mass is 32.2. The number of hydrogen-bond acceptors (Lipinski definition) is 3. The van der Waals surface area contributed by atoms with Crippen LogP contribution in [-0.2, 0) is 13.5 Å². The second-order valence-corrected chi connectivity index (χ2v) is 4.86. The highest BCUT2D eigenvalue weighted by molar-refractivity contribution is 7.99. The third-order valence-electron chi connectivity index (χ3n) is 2.51. The van der Waals surface area contributed by atoms with Gasteiger partial charge in [0.2, 0.25) is 0 Å². The molecule has 2 N–H and O–H groups in total. The molecule has 1 heterocycles. The molecule has 1 aromatic heterocycles. The minimum Gasteiger partial charge on any atom is -0.398 e. The van der Waals surface area contributed by atoms with Gasteiger partial charge < -0.3 is 5.73 Å². The molecule has 0 aliphatic heterocycles. The predicted molar refractivity (Wildman–Crippen MR) is 68.4 cm³/mol. The number of aromatic nitrogens is 2. The highest BCUT2D eigenvalue weighted by Crippen LogP contribution is 2.26. The van der Waals surface area contributed by atoms with E-state index in [1.54, 1.807) is 24.0 Å². The van der Waals surface area contributed by atoms with Gasteiger partial charge in [-0.1, -0.05) is 0 Å². The van der Waals surface area contributed by atoms with Gasteiger partial charge in [-0.05, 0) is 30.7 Å². The van der Waals surface area contributed by atoms with Crippen LogP contribution in [0, 0.1) is 5.82 Å². The molecule has 90 valence electrons. The molecule has 0 amide bonds. The number of aryl methyl sites for hydroxylation is 2. The molecular weight excluding hydrogens is 237 g/mol. The van der Waals surface area contributed by atoms with Crippen LogP contribution in [0.4, 0.5) is 10.1 Å². The van der Waals surface area contributed by atoms with Gasteiger partial charge in [0.1, 0.15) is 5.82 Å². The smallest absolute Gasteiger partial charge is 0.125 e. The first kappa shape index (κ1) is 12.0. The Morgan fingerprint density at radius 1 is 1.41 bits per heavy atom. The van der Waals surface area contributed by atoms with Crippen molar-refractivity contribution < 1.29 is 4.39 Å². The molecule has 0 atom stereocenters. The van der Waals surface area contributed by atoms with Crippen molar-refractivity contribution in [3.05, 3.63) is 42.0 Å². The first-order valence-electron chi connectivity index (χ1n) is 5.31. The van der Waals surface area contributed by atoms with Crippen molar-refractivity contribution in [2.45, 2.75) is 11.3 Å². The number of nitrogen functional groups attached to an aromatic ring is 1. The zero-order chi connectivity index (χ0) is 12.3. The van der Waals surface area contributed by atoms with Gasteiger partial charge in [0.15, 0.2) is 0 Å². The zero-order valence-electron chi connectivity index (χ0n) is 9.56. The van der Waals surface area contributed by atoms with Crippen molar-refractivity contribution in [1.82, 2.24) is 9.78 Å². The van der Waals surface area contributed by atoms with Gasteiger partial charge in [-0.3, -0.25) is 4.68 Å². The summed E-state index contributed by atoms with van der Waals surface area (Å²) in [5.74, 6) is 0.605. The third-order valence-corrected chi connectivity index (χ3v) is 3.60. The number of thioether (sulfide) groups is 1. The van der Waals surface area contributed by atoms with Crippen molar-refractivity contribution in [2.75, 3.05) is 11.5 Å². The van der Waals surface area contributed by atoms with Crippen molar-refractivity contribution in [3.8, 4) is 0 Å². The normalized spacial score (nSPS) is 10.7. The number of hydrogen-bond donors (Lipinski definition) is 1. The quantitative estimate of drug-likeness (QED) is 0.670. The average molecular weight is 251 g/mol. The summed E-state index contributed by atoms with van der Waals surface area (Å²) >= 11 is 1.63. The first-order valence-corrected chi connectivity index (χ1v) is 6.30. The van der Waals surface area contributed by atoms with Crippen LogP contribution in [0.1, 0.15) is 5.69 Å². The Kier molecular flexibility index (Phi) is 3.68. The predicted octanol–water partition coefficient (Wildman–Crippen LogP) is 2.48. The Balaban J connectivity index is 1.92. The van der Waals surface area contributed by atoms with Crippen molar-refractivity contribution in [2.24, 2.45) is 7.05 Å². The second-order valence-electron chi connectivity index (χ2n) is 3.73. The van der Waals surface area contributed by atoms with E-state index in [2.05, 4.69) is 5.10 Å². The second kappa shape index (κ2) is 5.23. The van der Waals surface area contributed by atoms with E-state index in [-0.39, 0.29) is 5.82 Å². The van der Waals surface area contributed by atoms with E-state index in [9.17, 15) is 4.39 Å². The number of anilines is 1. The van der Waals surface area contributed by atoms with Crippen LogP contribution in [0.5, 0.6) is 0 Å². The lowest BCUT2D eigenvalue weighted by Gasteiger charge is -2.05. The highest BCUT2D eigenvalue weighted by Gasteiger charge is 2.03. The molecule has 0 bridgehead atoms. The molecule has 5 heteroatoms. The molecule has 0 unspecified atom stereocenters. The Morgan fingerprint density at radius 3 is 2.88 bits per heavy atom. The van der Waals surface area contributed by atoms with Crippen LogP contribution >= 0.6 is 11.8 Å². The Morgan fingerprint density at radius 2 is 2.24 bits per heavy atom. The molecule has 0 aliphatic carbocycles. The Bertz CT molecular complexity index is 510. The van der Waals surface area contributed by atoms with Gasteiger partial charge in [0.05, 0.1) is 0 Å². The maximum absolute atomic E-state index is 12.8. The van der Waals surface area contributed by atoms with Crippen LogP contribution in [-0.4, -0.2) is 15.5 Å². The Labute approximate surface area is 104 Å². The summed E-state index contributed by atoms with van der Waals surface area (Å²) in [7, 11) is 1.92. The minimum atomic E-state index is -0.293. The molecule has 17 heavy (non-hydrogen) atoms. The summed E-state index contributed by atoms with van der Waals surface area (Å²) in [6.45, 7) is 0. The Hall–Kier alpha value is -1.49. The summed E-state index contributed by atoms with van der Waals surface area (Å²) in [6.07, 6.45) is 2.70. The lowest BCUT2D eigenvalue weighted by Crippen LogP contribution is -1.99. The summed E-state index contributed by atoms with van der Waals surface area (Å²) < 4.78 is 14.7. The standard InChI is InChI=1S/C12H14FN3S/c1-16-10(4-6-15-16)5-7-17-12-3-2-9(13)8-11(12)14/h2-4,6,8H,5,7,14H2,1H3. The van der Waals surface area contributed by atoms with E-state index >= 15 is 0 Å². The number of nitrogens with zero attached hydrogens (tertiary/aromatic N) is 2. The van der Waals surface area contributed by atoms with Crippen LogP contribution in [0.2, 0.25) is 0 Å². The molecule has 0 saturated carbocycles. The van der Waals surface area contributed by atoms with Crippen LogP contribution < -0.4 is 5.73 Å². The fourth-order valence-corrected chi connectivity index (χ4v) is 2.48. The van der Waals surface area contributed by atoms with Crippen molar-refractivity contribution in [3.63, 3.8) is 0 Å². The number of halogens is 1. The maximum Gasteiger partial charge on any atom is 0.125 e. The van der Waals surface area contributed by atoms with E-state index in [1.165, 1.54) is 17.8 Å². The molecule has 0 saturated heterocycles.